The number of rotatable bonds is 8. The Hall–Kier alpha value is -3.26. The van der Waals surface area contributed by atoms with Crippen molar-refractivity contribution in [2.45, 2.75) is 19.9 Å². The standard InChI is InChI=1S/C22H27FN4O3/c1-15-8-10-18(11-9-15)24-21(29)14-27(4)22(30)16(2)26(3)13-20(28)25-19-7-5-6-17(23)12-19/h5-12,16H,13-14H2,1-4H3,(H,24,29)(H,25,28)/t16-/m0/s1. The minimum atomic E-state index is -0.625. The number of amides is 3. The third-order valence-corrected chi connectivity index (χ3v) is 4.61. The summed E-state index contributed by atoms with van der Waals surface area (Å²) < 4.78 is 13.2. The van der Waals surface area contributed by atoms with Gasteiger partial charge in [0.15, 0.2) is 0 Å². The second-order valence-corrected chi connectivity index (χ2v) is 7.26. The van der Waals surface area contributed by atoms with Gasteiger partial charge >= 0.3 is 0 Å². The number of likely N-dealkylation sites (N-methyl/N-ethyl adjacent to an activating group) is 2. The van der Waals surface area contributed by atoms with Crippen LogP contribution in [0.25, 0.3) is 0 Å². The molecule has 2 aromatic carbocycles. The first-order valence-electron chi connectivity index (χ1n) is 9.53. The van der Waals surface area contributed by atoms with Crippen LogP contribution in [0.4, 0.5) is 15.8 Å². The fourth-order valence-electron chi connectivity index (χ4n) is 2.77. The summed E-state index contributed by atoms with van der Waals surface area (Å²) in [6.07, 6.45) is 0. The molecule has 0 bridgehead atoms. The van der Waals surface area contributed by atoms with Gasteiger partial charge in [-0.1, -0.05) is 23.8 Å². The maximum Gasteiger partial charge on any atom is 0.243 e. The SMILES string of the molecule is Cc1ccc(NC(=O)CN(C)C(=O)[C@H](C)N(C)CC(=O)Nc2cccc(F)c2)cc1. The van der Waals surface area contributed by atoms with Crippen molar-refractivity contribution in [2.75, 3.05) is 37.8 Å². The van der Waals surface area contributed by atoms with Crippen LogP contribution in [0.2, 0.25) is 0 Å². The van der Waals surface area contributed by atoms with Gasteiger partial charge in [0.05, 0.1) is 19.1 Å². The Labute approximate surface area is 175 Å². The average Bonchev–Trinajstić information content (AvgIpc) is 2.68. The van der Waals surface area contributed by atoms with Crippen LogP contribution in [-0.2, 0) is 14.4 Å². The van der Waals surface area contributed by atoms with Gasteiger partial charge in [-0.05, 0) is 51.2 Å². The molecule has 1 atom stereocenters. The van der Waals surface area contributed by atoms with Crippen molar-refractivity contribution in [3.05, 3.63) is 59.9 Å². The van der Waals surface area contributed by atoms with Gasteiger partial charge < -0.3 is 15.5 Å². The molecule has 30 heavy (non-hydrogen) atoms. The second-order valence-electron chi connectivity index (χ2n) is 7.26. The first-order valence-corrected chi connectivity index (χ1v) is 9.53. The molecule has 0 saturated heterocycles. The van der Waals surface area contributed by atoms with E-state index in [0.29, 0.717) is 11.4 Å². The summed E-state index contributed by atoms with van der Waals surface area (Å²) in [6, 6.07) is 12.3. The molecular weight excluding hydrogens is 387 g/mol. The summed E-state index contributed by atoms with van der Waals surface area (Å²) in [7, 11) is 3.17. The largest absolute Gasteiger partial charge is 0.335 e. The number of hydrogen-bond acceptors (Lipinski definition) is 4. The molecule has 2 aromatic rings. The van der Waals surface area contributed by atoms with E-state index in [0.717, 1.165) is 5.56 Å². The smallest absolute Gasteiger partial charge is 0.243 e. The van der Waals surface area contributed by atoms with Gasteiger partial charge in [-0.3, -0.25) is 19.3 Å². The number of aryl methyl sites for hydroxylation is 1. The Bertz CT molecular complexity index is 902. The predicted octanol–water partition coefficient (Wildman–Crippen LogP) is 2.49. The molecular formula is C22H27FN4O3. The number of benzene rings is 2. The average molecular weight is 414 g/mol. The van der Waals surface area contributed by atoms with E-state index < -0.39 is 11.9 Å². The summed E-state index contributed by atoms with van der Waals surface area (Å²) in [6.45, 7) is 3.44. The molecule has 160 valence electrons. The molecule has 0 heterocycles. The van der Waals surface area contributed by atoms with Crippen molar-refractivity contribution in [1.29, 1.82) is 0 Å². The van der Waals surface area contributed by atoms with E-state index in [1.165, 1.54) is 30.1 Å². The molecule has 0 aliphatic rings. The van der Waals surface area contributed by atoms with Crippen molar-refractivity contribution >= 4 is 29.1 Å². The minimum absolute atomic E-state index is 0.0627. The van der Waals surface area contributed by atoms with Crippen LogP contribution in [0.1, 0.15) is 12.5 Å². The molecule has 0 aliphatic heterocycles. The number of hydrogen-bond donors (Lipinski definition) is 2. The molecule has 0 spiro atoms. The fraction of sp³-hybridized carbons (Fsp3) is 0.318. The summed E-state index contributed by atoms with van der Waals surface area (Å²) in [4.78, 5) is 39.9. The van der Waals surface area contributed by atoms with Crippen molar-refractivity contribution in [3.8, 4) is 0 Å². The predicted molar refractivity (Wildman–Crippen MR) is 115 cm³/mol. The summed E-state index contributed by atoms with van der Waals surface area (Å²) in [5.74, 6) is -1.43. The number of halogens is 1. The lowest BCUT2D eigenvalue weighted by Gasteiger charge is -2.27. The number of carbonyl (C=O) groups is 3. The second kappa shape index (κ2) is 10.5. The van der Waals surface area contributed by atoms with Crippen LogP contribution in [0.3, 0.4) is 0 Å². The highest BCUT2D eigenvalue weighted by molar-refractivity contribution is 5.95. The van der Waals surface area contributed by atoms with Crippen LogP contribution >= 0.6 is 0 Å². The van der Waals surface area contributed by atoms with Crippen molar-refractivity contribution < 1.29 is 18.8 Å². The van der Waals surface area contributed by atoms with Crippen LogP contribution < -0.4 is 10.6 Å². The molecule has 2 rings (SSSR count). The zero-order valence-corrected chi connectivity index (χ0v) is 17.6. The van der Waals surface area contributed by atoms with Gasteiger partial charge in [0, 0.05) is 18.4 Å². The highest BCUT2D eigenvalue weighted by Crippen LogP contribution is 2.10. The molecule has 0 aliphatic carbocycles. The zero-order chi connectivity index (χ0) is 22.3. The minimum Gasteiger partial charge on any atom is -0.335 e. The normalized spacial score (nSPS) is 11.7. The van der Waals surface area contributed by atoms with E-state index in [9.17, 15) is 18.8 Å². The van der Waals surface area contributed by atoms with E-state index in [-0.39, 0.29) is 30.8 Å². The molecule has 0 aromatic heterocycles. The van der Waals surface area contributed by atoms with Crippen LogP contribution in [0, 0.1) is 12.7 Å². The monoisotopic (exact) mass is 414 g/mol. The van der Waals surface area contributed by atoms with Crippen molar-refractivity contribution in [2.24, 2.45) is 0 Å². The summed E-state index contributed by atoms with van der Waals surface area (Å²) >= 11 is 0. The highest BCUT2D eigenvalue weighted by atomic mass is 19.1. The van der Waals surface area contributed by atoms with Gasteiger partial charge in [-0.15, -0.1) is 0 Å². The third kappa shape index (κ3) is 6.97. The molecule has 0 saturated carbocycles. The van der Waals surface area contributed by atoms with Crippen molar-refractivity contribution in [1.82, 2.24) is 9.80 Å². The quantitative estimate of drug-likeness (QED) is 0.695. The molecule has 7 nitrogen and oxygen atoms in total. The Morgan fingerprint density at radius 2 is 1.53 bits per heavy atom. The highest BCUT2D eigenvalue weighted by Gasteiger charge is 2.24. The van der Waals surface area contributed by atoms with Gasteiger partial charge in [-0.25, -0.2) is 4.39 Å². The van der Waals surface area contributed by atoms with Gasteiger partial charge in [0.2, 0.25) is 17.7 Å². The van der Waals surface area contributed by atoms with E-state index in [2.05, 4.69) is 10.6 Å². The first-order chi connectivity index (χ1) is 14.2. The van der Waals surface area contributed by atoms with Crippen LogP contribution in [0.5, 0.6) is 0 Å². The Kier molecular flexibility index (Phi) is 8.06. The maximum atomic E-state index is 13.2. The Balaban J connectivity index is 1.84. The topological polar surface area (TPSA) is 81.8 Å². The molecule has 3 amide bonds. The van der Waals surface area contributed by atoms with Gasteiger partial charge in [0.25, 0.3) is 0 Å². The number of anilines is 2. The van der Waals surface area contributed by atoms with E-state index in [4.69, 9.17) is 0 Å². The summed E-state index contributed by atoms with van der Waals surface area (Å²) in [5, 5.41) is 5.34. The fourth-order valence-corrected chi connectivity index (χ4v) is 2.77. The first kappa shape index (κ1) is 23.0. The lowest BCUT2D eigenvalue weighted by atomic mass is 10.2. The summed E-state index contributed by atoms with van der Waals surface area (Å²) in [5.41, 5.74) is 2.08. The molecule has 0 unspecified atom stereocenters. The molecule has 0 radical (unpaired) electrons. The van der Waals surface area contributed by atoms with E-state index >= 15 is 0 Å². The molecule has 0 fully saturated rings. The lowest BCUT2D eigenvalue weighted by molar-refractivity contribution is -0.137. The van der Waals surface area contributed by atoms with Gasteiger partial charge in [0.1, 0.15) is 5.82 Å². The Morgan fingerprint density at radius 3 is 2.17 bits per heavy atom. The van der Waals surface area contributed by atoms with Crippen LogP contribution in [0.15, 0.2) is 48.5 Å². The molecule has 8 heteroatoms. The lowest BCUT2D eigenvalue weighted by Crippen LogP contribution is -2.48. The Morgan fingerprint density at radius 1 is 0.933 bits per heavy atom. The van der Waals surface area contributed by atoms with Crippen LogP contribution in [-0.4, -0.2) is 60.7 Å². The molecule has 2 N–H and O–H groups in total. The number of carbonyl (C=O) groups excluding carboxylic acids is 3. The number of nitrogens with one attached hydrogen (secondary N) is 2. The van der Waals surface area contributed by atoms with Crippen molar-refractivity contribution in [3.63, 3.8) is 0 Å². The van der Waals surface area contributed by atoms with E-state index in [1.807, 2.05) is 19.1 Å². The maximum absolute atomic E-state index is 13.2. The zero-order valence-electron chi connectivity index (χ0n) is 17.6. The van der Waals surface area contributed by atoms with E-state index in [1.54, 1.807) is 37.1 Å². The third-order valence-electron chi connectivity index (χ3n) is 4.61. The van der Waals surface area contributed by atoms with Gasteiger partial charge in [-0.2, -0.15) is 0 Å². The number of nitrogens with zero attached hydrogens (tertiary/aromatic N) is 2.